The van der Waals surface area contributed by atoms with E-state index in [2.05, 4.69) is 20.3 Å². The van der Waals surface area contributed by atoms with Crippen molar-refractivity contribution in [1.82, 2.24) is 39.1 Å². The molecule has 0 atom stereocenters. The van der Waals surface area contributed by atoms with Crippen LogP contribution in [0, 0.1) is 6.92 Å². The lowest BCUT2D eigenvalue weighted by molar-refractivity contribution is 0.0776. The topological polar surface area (TPSA) is 86.1 Å². The zero-order chi connectivity index (χ0) is 19.1. The van der Waals surface area contributed by atoms with Crippen LogP contribution in [-0.4, -0.2) is 52.0 Å². The molecule has 4 heterocycles. The Labute approximate surface area is 155 Å². The van der Waals surface area contributed by atoms with E-state index in [1.165, 1.54) is 0 Å². The number of rotatable bonds is 4. The Morgan fingerprint density at radius 2 is 1.96 bits per heavy atom. The molecule has 0 radical (unpaired) electrons. The van der Waals surface area contributed by atoms with Gasteiger partial charge in [0.15, 0.2) is 11.3 Å². The number of aryl methyl sites for hydroxylation is 2. The molecule has 0 aliphatic carbocycles. The van der Waals surface area contributed by atoms with Crippen LogP contribution < -0.4 is 0 Å². The molecule has 1 amide bonds. The van der Waals surface area contributed by atoms with Crippen LogP contribution in [0.4, 0.5) is 0 Å². The van der Waals surface area contributed by atoms with Gasteiger partial charge in [0.05, 0.1) is 24.1 Å². The van der Waals surface area contributed by atoms with Gasteiger partial charge in [0, 0.05) is 50.9 Å². The van der Waals surface area contributed by atoms with E-state index >= 15 is 0 Å². The summed E-state index contributed by atoms with van der Waals surface area (Å²) in [6, 6.07) is 5.47. The van der Waals surface area contributed by atoms with E-state index in [0.29, 0.717) is 17.9 Å². The zero-order valence-electron chi connectivity index (χ0n) is 15.7. The van der Waals surface area contributed by atoms with Crippen molar-refractivity contribution >= 4 is 11.6 Å². The third-order valence-corrected chi connectivity index (χ3v) is 4.76. The fourth-order valence-corrected chi connectivity index (χ4v) is 3.02. The Morgan fingerprint density at radius 3 is 2.63 bits per heavy atom. The summed E-state index contributed by atoms with van der Waals surface area (Å²) in [5.41, 5.74) is 4.72. The maximum atomic E-state index is 12.8. The molecule has 27 heavy (non-hydrogen) atoms. The minimum Gasteiger partial charge on any atom is -0.334 e. The average molecular weight is 364 g/mol. The Morgan fingerprint density at radius 1 is 1.15 bits per heavy atom. The highest BCUT2D eigenvalue weighted by molar-refractivity contribution is 5.93. The lowest BCUT2D eigenvalue weighted by Crippen LogP contribution is -2.27. The number of carbonyl (C=O) groups is 1. The minimum absolute atomic E-state index is 0.171. The molecule has 138 valence electrons. The standard InChI is InChI=1S/C18H20N8O/c1-12-14(10-21-24(12)3)16-6-7-19-17-9-15(22-26(16)17)18(27)23(2)11-13-5-8-20-25(13)4/h5-10H,11H2,1-4H3. The van der Waals surface area contributed by atoms with Crippen molar-refractivity contribution < 1.29 is 4.79 Å². The van der Waals surface area contributed by atoms with E-state index in [1.807, 2.05) is 33.2 Å². The summed E-state index contributed by atoms with van der Waals surface area (Å²) in [5, 5.41) is 12.9. The van der Waals surface area contributed by atoms with Crippen molar-refractivity contribution in [2.45, 2.75) is 13.5 Å². The van der Waals surface area contributed by atoms with Crippen LogP contribution in [0.2, 0.25) is 0 Å². The fraction of sp³-hybridized carbons (Fsp3) is 0.278. The highest BCUT2D eigenvalue weighted by atomic mass is 16.2. The molecule has 0 unspecified atom stereocenters. The van der Waals surface area contributed by atoms with Crippen LogP contribution in [0.25, 0.3) is 16.9 Å². The molecule has 0 N–H and O–H groups in total. The van der Waals surface area contributed by atoms with Crippen molar-refractivity contribution in [3.8, 4) is 11.3 Å². The molecular weight excluding hydrogens is 344 g/mol. The molecule has 0 aliphatic heterocycles. The van der Waals surface area contributed by atoms with Crippen LogP contribution in [0.3, 0.4) is 0 Å². The first-order chi connectivity index (χ1) is 13.0. The van der Waals surface area contributed by atoms with Gasteiger partial charge in [0.2, 0.25) is 0 Å². The summed E-state index contributed by atoms with van der Waals surface area (Å²) < 4.78 is 5.24. The highest BCUT2D eigenvalue weighted by Crippen LogP contribution is 2.23. The van der Waals surface area contributed by atoms with Gasteiger partial charge in [-0.15, -0.1) is 0 Å². The van der Waals surface area contributed by atoms with E-state index in [-0.39, 0.29) is 5.91 Å². The Bertz CT molecular complexity index is 1140. The third-order valence-electron chi connectivity index (χ3n) is 4.76. The zero-order valence-corrected chi connectivity index (χ0v) is 15.7. The molecule has 0 aromatic carbocycles. The van der Waals surface area contributed by atoms with Crippen molar-refractivity contribution in [2.24, 2.45) is 14.1 Å². The predicted molar refractivity (Wildman–Crippen MR) is 98.9 cm³/mol. The van der Waals surface area contributed by atoms with Gasteiger partial charge < -0.3 is 4.90 Å². The minimum atomic E-state index is -0.171. The quantitative estimate of drug-likeness (QED) is 0.547. The number of aromatic nitrogens is 7. The lowest BCUT2D eigenvalue weighted by atomic mass is 10.2. The van der Waals surface area contributed by atoms with Gasteiger partial charge in [-0.25, -0.2) is 9.50 Å². The van der Waals surface area contributed by atoms with Crippen LogP contribution in [-0.2, 0) is 20.6 Å². The summed E-state index contributed by atoms with van der Waals surface area (Å²) in [6.45, 7) is 2.44. The molecule has 4 rings (SSSR count). The Hall–Kier alpha value is -3.49. The van der Waals surface area contributed by atoms with Crippen molar-refractivity contribution in [1.29, 1.82) is 0 Å². The van der Waals surface area contributed by atoms with Crippen LogP contribution in [0.1, 0.15) is 21.9 Å². The first kappa shape index (κ1) is 17.0. The average Bonchev–Trinajstić information content (AvgIpc) is 3.35. The molecule has 9 heteroatoms. The molecular formula is C18H20N8O. The molecule has 9 nitrogen and oxygen atoms in total. The van der Waals surface area contributed by atoms with Crippen LogP contribution in [0.15, 0.2) is 36.8 Å². The smallest absolute Gasteiger partial charge is 0.274 e. The van der Waals surface area contributed by atoms with Crippen LogP contribution >= 0.6 is 0 Å². The summed E-state index contributed by atoms with van der Waals surface area (Å²) in [6.07, 6.45) is 5.22. The maximum Gasteiger partial charge on any atom is 0.274 e. The van der Waals surface area contributed by atoms with Gasteiger partial charge in [-0.1, -0.05) is 0 Å². The number of nitrogens with zero attached hydrogens (tertiary/aromatic N) is 8. The van der Waals surface area contributed by atoms with Gasteiger partial charge >= 0.3 is 0 Å². The molecule has 0 fully saturated rings. The van der Waals surface area contributed by atoms with E-state index in [0.717, 1.165) is 22.6 Å². The highest BCUT2D eigenvalue weighted by Gasteiger charge is 2.19. The molecule has 4 aromatic rings. The molecule has 0 spiro atoms. The van der Waals surface area contributed by atoms with Crippen molar-refractivity contribution in [3.05, 3.63) is 53.9 Å². The van der Waals surface area contributed by atoms with E-state index < -0.39 is 0 Å². The first-order valence-corrected chi connectivity index (χ1v) is 8.52. The van der Waals surface area contributed by atoms with Gasteiger partial charge in [0.25, 0.3) is 5.91 Å². The number of carbonyl (C=O) groups excluding carboxylic acids is 1. The number of hydrogen-bond donors (Lipinski definition) is 0. The van der Waals surface area contributed by atoms with Gasteiger partial charge in [-0.05, 0) is 19.1 Å². The number of hydrogen-bond acceptors (Lipinski definition) is 5. The maximum absolute atomic E-state index is 12.8. The fourth-order valence-electron chi connectivity index (χ4n) is 3.02. The Balaban J connectivity index is 1.69. The second kappa shape index (κ2) is 6.35. The van der Waals surface area contributed by atoms with E-state index in [9.17, 15) is 4.79 Å². The third kappa shape index (κ3) is 2.86. The normalized spacial score (nSPS) is 11.3. The SMILES string of the molecule is Cc1c(-c2ccnc3cc(C(=O)N(C)Cc4ccnn4C)nn23)cnn1C. The summed E-state index contributed by atoms with van der Waals surface area (Å²) >= 11 is 0. The first-order valence-electron chi connectivity index (χ1n) is 8.52. The molecule has 0 bridgehead atoms. The molecule has 0 saturated carbocycles. The summed E-state index contributed by atoms with van der Waals surface area (Å²) in [4.78, 5) is 18.8. The van der Waals surface area contributed by atoms with Crippen molar-refractivity contribution in [3.63, 3.8) is 0 Å². The Kier molecular flexibility index (Phi) is 3.98. The number of amides is 1. The monoisotopic (exact) mass is 364 g/mol. The lowest BCUT2D eigenvalue weighted by Gasteiger charge is -2.15. The van der Waals surface area contributed by atoms with Crippen LogP contribution in [0.5, 0.6) is 0 Å². The number of fused-ring (bicyclic) bond motifs is 1. The van der Waals surface area contributed by atoms with Gasteiger partial charge in [-0.3, -0.25) is 14.2 Å². The van der Waals surface area contributed by atoms with E-state index in [4.69, 9.17) is 0 Å². The predicted octanol–water partition coefficient (Wildman–Crippen LogP) is 1.44. The molecule has 0 aliphatic rings. The second-order valence-corrected chi connectivity index (χ2v) is 6.50. The van der Waals surface area contributed by atoms with Crippen molar-refractivity contribution in [2.75, 3.05) is 7.05 Å². The van der Waals surface area contributed by atoms with Gasteiger partial charge in [0.1, 0.15) is 0 Å². The summed E-state index contributed by atoms with van der Waals surface area (Å²) in [7, 11) is 5.49. The van der Waals surface area contributed by atoms with E-state index in [1.54, 1.807) is 50.5 Å². The largest absolute Gasteiger partial charge is 0.334 e. The summed E-state index contributed by atoms with van der Waals surface area (Å²) in [5.74, 6) is -0.171. The second-order valence-electron chi connectivity index (χ2n) is 6.50. The molecule has 4 aromatic heterocycles. The molecule has 0 saturated heterocycles. The van der Waals surface area contributed by atoms with Gasteiger partial charge in [-0.2, -0.15) is 15.3 Å².